The summed E-state index contributed by atoms with van der Waals surface area (Å²) in [7, 11) is -0.799. The minimum Gasteiger partial charge on any atom is -0.356 e. The van der Waals surface area contributed by atoms with Gasteiger partial charge in [0.05, 0.1) is 0 Å². The molecular formula is C14H17Cl2NO2S. The minimum atomic E-state index is -0.799. The Morgan fingerprint density at radius 2 is 2.20 bits per heavy atom. The van der Waals surface area contributed by atoms with Gasteiger partial charge in [0, 0.05) is 45.3 Å². The number of benzene rings is 1. The Hall–Kier alpha value is -0.580. The van der Waals surface area contributed by atoms with Crippen molar-refractivity contribution < 1.29 is 9.00 Å². The highest BCUT2D eigenvalue weighted by Gasteiger charge is 2.44. The van der Waals surface area contributed by atoms with E-state index in [0.29, 0.717) is 22.3 Å². The average Bonchev–Trinajstić information content (AvgIpc) is 3.14. The van der Waals surface area contributed by atoms with Gasteiger partial charge in [0.15, 0.2) is 0 Å². The highest BCUT2D eigenvalue weighted by atomic mass is 35.5. The van der Waals surface area contributed by atoms with Crippen molar-refractivity contribution in [1.82, 2.24) is 5.32 Å². The van der Waals surface area contributed by atoms with Gasteiger partial charge >= 0.3 is 0 Å². The molecule has 110 valence electrons. The lowest BCUT2D eigenvalue weighted by Gasteiger charge is -2.06. The predicted molar refractivity (Wildman–Crippen MR) is 83.9 cm³/mol. The number of hydrogen-bond donors (Lipinski definition) is 1. The van der Waals surface area contributed by atoms with Crippen LogP contribution in [-0.2, 0) is 15.6 Å². The van der Waals surface area contributed by atoms with E-state index in [9.17, 15) is 9.00 Å². The molecule has 1 aliphatic carbocycles. The van der Waals surface area contributed by atoms with Crippen LogP contribution in [0.3, 0.4) is 0 Å². The van der Waals surface area contributed by atoms with Crippen LogP contribution in [-0.4, -0.2) is 28.7 Å². The van der Waals surface area contributed by atoms with Crippen LogP contribution in [0.1, 0.15) is 24.3 Å². The van der Waals surface area contributed by atoms with Crippen molar-refractivity contribution in [3.8, 4) is 0 Å². The highest BCUT2D eigenvalue weighted by molar-refractivity contribution is 7.84. The van der Waals surface area contributed by atoms with Gasteiger partial charge in [0.1, 0.15) is 0 Å². The molecule has 0 radical (unpaired) electrons. The van der Waals surface area contributed by atoms with E-state index in [0.717, 1.165) is 18.4 Å². The number of rotatable bonds is 6. The molecule has 0 spiro atoms. The lowest BCUT2D eigenvalue weighted by atomic mass is 10.1. The van der Waals surface area contributed by atoms with Gasteiger partial charge in [-0.2, -0.15) is 0 Å². The van der Waals surface area contributed by atoms with Crippen LogP contribution in [0.4, 0.5) is 0 Å². The summed E-state index contributed by atoms with van der Waals surface area (Å²) in [5.41, 5.74) is 0.992. The van der Waals surface area contributed by atoms with Gasteiger partial charge in [0.2, 0.25) is 5.91 Å². The van der Waals surface area contributed by atoms with Gasteiger partial charge < -0.3 is 5.32 Å². The molecule has 0 bridgehead atoms. The molecule has 0 aliphatic heterocycles. The van der Waals surface area contributed by atoms with Crippen LogP contribution in [0.15, 0.2) is 18.2 Å². The minimum absolute atomic E-state index is 0.000740. The van der Waals surface area contributed by atoms with E-state index in [1.807, 2.05) is 6.07 Å². The molecule has 1 saturated carbocycles. The summed E-state index contributed by atoms with van der Waals surface area (Å²) in [6.07, 6.45) is 3.24. The summed E-state index contributed by atoms with van der Waals surface area (Å²) in [4.78, 5) is 12.0. The van der Waals surface area contributed by atoms with Gasteiger partial charge in [-0.25, -0.2) is 0 Å². The molecule has 1 aromatic rings. The lowest BCUT2D eigenvalue weighted by Crippen LogP contribution is -2.27. The number of hydrogen-bond acceptors (Lipinski definition) is 2. The van der Waals surface area contributed by atoms with Gasteiger partial charge in [-0.3, -0.25) is 9.00 Å². The third-order valence-corrected chi connectivity index (χ3v) is 4.82. The first-order valence-electron chi connectivity index (χ1n) is 6.51. The quantitative estimate of drug-likeness (QED) is 0.813. The summed E-state index contributed by atoms with van der Waals surface area (Å²) in [6.45, 7) is 0.579. The van der Waals surface area contributed by atoms with Gasteiger partial charge in [-0.15, -0.1) is 0 Å². The van der Waals surface area contributed by atoms with Crippen molar-refractivity contribution in [3.05, 3.63) is 33.8 Å². The van der Waals surface area contributed by atoms with Crippen molar-refractivity contribution in [3.63, 3.8) is 0 Å². The van der Waals surface area contributed by atoms with Crippen LogP contribution in [0.25, 0.3) is 0 Å². The fourth-order valence-electron chi connectivity index (χ4n) is 2.25. The molecule has 1 N–H and O–H groups in total. The summed E-state index contributed by atoms with van der Waals surface area (Å²) >= 11 is 12.0. The Labute approximate surface area is 131 Å². The fraction of sp³-hybridized carbons (Fsp3) is 0.500. The molecule has 2 rings (SSSR count). The Bertz CT molecular complexity index is 536. The van der Waals surface area contributed by atoms with Crippen molar-refractivity contribution in [2.75, 3.05) is 18.6 Å². The topological polar surface area (TPSA) is 46.2 Å². The van der Waals surface area contributed by atoms with Crippen molar-refractivity contribution in [2.45, 2.75) is 18.8 Å². The molecule has 0 aromatic heterocycles. The van der Waals surface area contributed by atoms with E-state index in [2.05, 4.69) is 5.32 Å². The Morgan fingerprint density at radius 3 is 2.85 bits per heavy atom. The lowest BCUT2D eigenvalue weighted by molar-refractivity contribution is -0.122. The second kappa shape index (κ2) is 6.92. The van der Waals surface area contributed by atoms with Crippen LogP contribution in [0, 0.1) is 5.92 Å². The molecule has 6 heteroatoms. The van der Waals surface area contributed by atoms with E-state index in [4.69, 9.17) is 23.2 Å². The number of carbonyl (C=O) groups is 1. The average molecular weight is 334 g/mol. The molecule has 1 aromatic carbocycles. The highest BCUT2D eigenvalue weighted by Crippen LogP contribution is 2.49. The first-order valence-corrected chi connectivity index (χ1v) is 9.00. The summed E-state index contributed by atoms with van der Waals surface area (Å²) in [5, 5.41) is 4.12. The third-order valence-electron chi connectivity index (χ3n) is 3.40. The monoisotopic (exact) mass is 333 g/mol. The molecule has 3 atom stereocenters. The van der Waals surface area contributed by atoms with E-state index in [-0.39, 0.29) is 17.7 Å². The van der Waals surface area contributed by atoms with E-state index < -0.39 is 10.8 Å². The number of carbonyl (C=O) groups excluding carboxylic acids is 1. The number of nitrogens with one attached hydrogen (secondary N) is 1. The second-order valence-electron chi connectivity index (χ2n) is 5.04. The van der Waals surface area contributed by atoms with E-state index in [1.165, 1.54) is 0 Å². The van der Waals surface area contributed by atoms with Crippen LogP contribution in [0.5, 0.6) is 0 Å². The smallest absolute Gasteiger partial charge is 0.223 e. The van der Waals surface area contributed by atoms with Gasteiger partial charge in [-0.1, -0.05) is 29.3 Å². The Morgan fingerprint density at radius 1 is 1.45 bits per heavy atom. The first-order chi connectivity index (χ1) is 9.49. The zero-order chi connectivity index (χ0) is 14.7. The maximum absolute atomic E-state index is 12.0. The summed E-state index contributed by atoms with van der Waals surface area (Å²) in [6, 6.07) is 5.40. The van der Waals surface area contributed by atoms with E-state index in [1.54, 1.807) is 18.4 Å². The fourth-order valence-corrected chi connectivity index (χ4v) is 3.35. The molecule has 0 saturated heterocycles. The first kappa shape index (κ1) is 15.8. The van der Waals surface area contributed by atoms with Gasteiger partial charge in [-0.05, 0) is 36.5 Å². The standard InChI is InChI=1S/C14H17Cl2NO2S/c1-20(19)6-2-5-17-14(18)12-8-11(12)10-4-3-9(15)7-13(10)16/h3-4,7,11-12H,2,5-6,8H2,1H3,(H,17,18)/t11-,12+,20-/m1/s1. The van der Waals surface area contributed by atoms with Crippen LogP contribution >= 0.6 is 23.2 Å². The second-order valence-corrected chi connectivity index (χ2v) is 7.43. The Balaban J connectivity index is 1.82. The largest absolute Gasteiger partial charge is 0.356 e. The Kier molecular flexibility index (Phi) is 5.47. The van der Waals surface area contributed by atoms with Crippen LogP contribution in [0.2, 0.25) is 10.0 Å². The molecule has 0 heterocycles. The predicted octanol–water partition coefficient (Wildman–Crippen LogP) is 2.98. The van der Waals surface area contributed by atoms with Crippen molar-refractivity contribution >= 4 is 39.9 Å². The molecule has 3 nitrogen and oxygen atoms in total. The normalized spacial score (nSPS) is 22.4. The number of amides is 1. The third kappa shape index (κ3) is 4.21. The van der Waals surface area contributed by atoms with Crippen molar-refractivity contribution in [1.29, 1.82) is 0 Å². The zero-order valence-corrected chi connectivity index (χ0v) is 13.5. The molecule has 1 amide bonds. The molecule has 0 unspecified atom stereocenters. The molecule has 1 fully saturated rings. The maximum atomic E-state index is 12.0. The SMILES string of the molecule is C[S@@](=O)CCCNC(=O)[C@H]1C[C@@H]1c1ccc(Cl)cc1Cl. The number of halogens is 2. The summed E-state index contributed by atoms with van der Waals surface area (Å²) in [5.74, 6) is 0.876. The van der Waals surface area contributed by atoms with Gasteiger partial charge in [0.25, 0.3) is 0 Å². The zero-order valence-electron chi connectivity index (χ0n) is 11.2. The summed E-state index contributed by atoms with van der Waals surface area (Å²) < 4.78 is 10.9. The van der Waals surface area contributed by atoms with Crippen molar-refractivity contribution in [2.24, 2.45) is 5.92 Å². The van der Waals surface area contributed by atoms with Crippen LogP contribution < -0.4 is 5.32 Å². The molecular weight excluding hydrogens is 317 g/mol. The molecule has 1 aliphatic rings. The maximum Gasteiger partial charge on any atom is 0.223 e. The van der Waals surface area contributed by atoms with E-state index >= 15 is 0 Å². The molecule has 20 heavy (non-hydrogen) atoms.